The van der Waals surface area contributed by atoms with Gasteiger partial charge in [0.05, 0.1) is 0 Å². The molecule has 23 heavy (non-hydrogen) atoms. The number of hydrogen-bond donors (Lipinski definition) is 2. The smallest absolute Gasteiger partial charge is 0.314 e. The van der Waals surface area contributed by atoms with Crippen LogP contribution < -0.4 is 10.6 Å². The predicted octanol–water partition coefficient (Wildman–Crippen LogP) is 3.75. The summed E-state index contributed by atoms with van der Waals surface area (Å²) in [5.41, 5.74) is 5.37. The van der Waals surface area contributed by atoms with E-state index in [2.05, 4.69) is 10.6 Å². The van der Waals surface area contributed by atoms with Crippen molar-refractivity contribution in [3.8, 4) is 0 Å². The molecule has 0 radical (unpaired) electrons. The number of carbonyl (C=O) groups excluding carboxylic acids is 2. The average Bonchev–Trinajstić information content (AvgIpc) is 2.48. The highest BCUT2D eigenvalue weighted by Crippen LogP contribution is 2.21. The maximum atomic E-state index is 12.2. The number of amides is 2. The lowest BCUT2D eigenvalue weighted by atomic mass is 10.1. The van der Waals surface area contributed by atoms with Gasteiger partial charge in [0.15, 0.2) is 0 Å². The van der Waals surface area contributed by atoms with Crippen molar-refractivity contribution in [2.24, 2.45) is 0 Å². The number of carbonyl (C=O) groups is 2. The molecule has 0 saturated heterocycles. The standard InChI is InChI=1S/C19H22N2O2/c1-5-15-8-6-7-14(4)17(15)21-19(23)18(22)20-16-10-12(2)9-13(3)11-16/h6-11H,5H2,1-4H3,(H,20,22)(H,21,23). The first-order chi connectivity index (χ1) is 10.9. The Kier molecular flexibility index (Phi) is 5.16. The van der Waals surface area contributed by atoms with Gasteiger partial charge in [-0.3, -0.25) is 9.59 Å². The van der Waals surface area contributed by atoms with Gasteiger partial charge in [0.1, 0.15) is 0 Å². The lowest BCUT2D eigenvalue weighted by Gasteiger charge is -2.13. The van der Waals surface area contributed by atoms with Crippen LogP contribution in [0.25, 0.3) is 0 Å². The summed E-state index contributed by atoms with van der Waals surface area (Å²) in [5, 5.41) is 5.38. The molecule has 4 heteroatoms. The van der Waals surface area contributed by atoms with Crippen LogP contribution in [0, 0.1) is 20.8 Å². The van der Waals surface area contributed by atoms with Gasteiger partial charge in [0.2, 0.25) is 0 Å². The Morgan fingerprint density at radius 3 is 2.13 bits per heavy atom. The molecule has 0 atom stereocenters. The second-order valence-electron chi connectivity index (χ2n) is 5.75. The van der Waals surface area contributed by atoms with Crippen molar-refractivity contribution >= 4 is 23.2 Å². The monoisotopic (exact) mass is 310 g/mol. The fourth-order valence-electron chi connectivity index (χ4n) is 2.61. The molecule has 4 nitrogen and oxygen atoms in total. The Morgan fingerprint density at radius 2 is 1.52 bits per heavy atom. The Morgan fingerprint density at radius 1 is 0.913 bits per heavy atom. The van der Waals surface area contributed by atoms with Crippen LogP contribution in [0.1, 0.15) is 29.2 Å². The summed E-state index contributed by atoms with van der Waals surface area (Å²) in [6, 6.07) is 11.5. The van der Waals surface area contributed by atoms with Crippen LogP contribution in [0.3, 0.4) is 0 Å². The van der Waals surface area contributed by atoms with Crippen LogP contribution in [-0.2, 0) is 16.0 Å². The Bertz CT molecular complexity index is 731. The van der Waals surface area contributed by atoms with Crippen molar-refractivity contribution in [2.75, 3.05) is 10.6 Å². The largest absolute Gasteiger partial charge is 0.318 e. The number of anilines is 2. The molecule has 0 aromatic heterocycles. The van der Waals surface area contributed by atoms with Crippen LogP contribution in [-0.4, -0.2) is 11.8 Å². The van der Waals surface area contributed by atoms with Crippen LogP contribution >= 0.6 is 0 Å². The van der Waals surface area contributed by atoms with Crippen LogP contribution in [0.4, 0.5) is 11.4 Å². The second kappa shape index (κ2) is 7.09. The fourth-order valence-corrected chi connectivity index (χ4v) is 2.61. The summed E-state index contributed by atoms with van der Waals surface area (Å²) in [4.78, 5) is 24.3. The van der Waals surface area contributed by atoms with Gasteiger partial charge in [-0.2, -0.15) is 0 Å². The molecule has 0 unspecified atom stereocenters. The summed E-state index contributed by atoms with van der Waals surface area (Å²) >= 11 is 0. The van der Waals surface area contributed by atoms with Crippen molar-refractivity contribution in [1.29, 1.82) is 0 Å². The van der Waals surface area contributed by atoms with Gasteiger partial charge in [0.25, 0.3) is 0 Å². The molecule has 0 aliphatic rings. The summed E-state index contributed by atoms with van der Waals surface area (Å²) in [6.45, 7) is 7.82. The predicted molar refractivity (Wildman–Crippen MR) is 93.7 cm³/mol. The van der Waals surface area contributed by atoms with E-state index in [9.17, 15) is 9.59 Å². The molecule has 0 spiro atoms. The molecular formula is C19H22N2O2. The van der Waals surface area contributed by atoms with E-state index in [-0.39, 0.29) is 0 Å². The van der Waals surface area contributed by atoms with Gasteiger partial charge in [-0.1, -0.05) is 31.2 Å². The third-order valence-electron chi connectivity index (χ3n) is 3.66. The van der Waals surface area contributed by atoms with Gasteiger partial charge in [0, 0.05) is 11.4 Å². The zero-order valence-corrected chi connectivity index (χ0v) is 14.0. The first-order valence-corrected chi connectivity index (χ1v) is 7.69. The lowest BCUT2D eigenvalue weighted by molar-refractivity contribution is -0.133. The summed E-state index contributed by atoms with van der Waals surface area (Å²) in [7, 11) is 0. The molecule has 2 aromatic rings. The second-order valence-corrected chi connectivity index (χ2v) is 5.75. The van der Waals surface area contributed by atoms with Crippen LogP contribution in [0.15, 0.2) is 36.4 Å². The first-order valence-electron chi connectivity index (χ1n) is 7.69. The third-order valence-corrected chi connectivity index (χ3v) is 3.66. The molecule has 0 bridgehead atoms. The molecule has 0 aliphatic heterocycles. The van der Waals surface area contributed by atoms with Crippen molar-refractivity contribution in [3.63, 3.8) is 0 Å². The Balaban J connectivity index is 2.13. The minimum Gasteiger partial charge on any atom is -0.318 e. The number of nitrogens with one attached hydrogen (secondary N) is 2. The van der Waals surface area contributed by atoms with Gasteiger partial charge in [-0.25, -0.2) is 0 Å². The van der Waals surface area contributed by atoms with Crippen molar-refractivity contribution in [1.82, 2.24) is 0 Å². The molecule has 2 aromatic carbocycles. The maximum Gasteiger partial charge on any atom is 0.314 e. The van der Waals surface area contributed by atoms with E-state index >= 15 is 0 Å². The van der Waals surface area contributed by atoms with E-state index in [0.29, 0.717) is 5.69 Å². The molecule has 0 saturated carbocycles. The Hall–Kier alpha value is -2.62. The lowest BCUT2D eigenvalue weighted by Crippen LogP contribution is -2.29. The van der Waals surface area contributed by atoms with Crippen molar-refractivity contribution < 1.29 is 9.59 Å². The summed E-state index contributed by atoms with van der Waals surface area (Å²) in [6.07, 6.45) is 0.788. The summed E-state index contributed by atoms with van der Waals surface area (Å²) < 4.78 is 0. The molecule has 0 fully saturated rings. The van der Waals surface area contributed by atoms with Gasteiger partial charge in [-0.05, 0) is 61.6 Å². The Labute approximate surface area is 136 Å². The van der Waals surface area contributed by atoms with Crippen LogP contribution in [0.2, 0.25) is 0 Å². The highest BCUT2D eigenvalue weighted by atomic mass is 16.2. The van der Waals surface area contributed by atoms with Crippen molar-refractivity contribution in [2.45, 2.75) is 34.1 Å². The summed E-state index contributed by atoms with van der Waals surface area (Å²) in [5.74, 6) is -1.33. The highest BCUT2D eigenvalue weighted by molar-refractivity contribution is 6.43. The first kappa shape index (κ1) is 16.7. The zero-order chi connectivity index (χ0) is 17.0. The normalized spacial score (nSPS) is 10.3. The van der Waals surface area contributed by atoms with Crippen LogP contribution in [0.5, 0.6) is 0 Å². The molecule has 120 valence electrons. The molecular weight excluding hydrogens is 288 g/mol. The number of rotatable bonds is 3. The van der Waals surface area contributed by atoms with E-state index in [1.807, 2.05) is 64.1 Å². The average molecular weight is 310 g/mol. The number of benzene rings is 2. The van der Waals surface area contributed by atoms with E-state index in [0.717, 1.165) is 34.4 Å². The van der Waals surface area contributed by atoms with Gasteiger partial charge < -0.3 is 10.6 Å². The molecule has 2 N–H and O–H groups in total. The van der Waals surface area contributed by atoms with Crippen molar-refractivity contribution in [3.05, 3.63) is 58.7 Å². The topological polar surface area (TPSA) is 58.2 Å². The number of hydrogen-bond acceptors (Lipinski definition) is 2. The molecule has 2 rings (SSSR count). The SMILES string of the molecule is CCc1cccc(C)c1NC(=O)C(=O)Nc1cc(C)cc(C)c1. The van der Waals surface area contributed by atoms with E-state index in [1.54, 1.807) is 0 Å². The number of para-hydroxylation sites is 1. The minimum atomic E-state index is -0.666. The molecule has 0 heterocycles. The fraction of sp³-hybridized carbons (Fsp3) is 0.263. The van der Waals surface area contributed by atoms with E-state index < -0.39 is 11.8 Å². The molecule has 2 amide bonds. The van der Waals surface area contributed by atoms with E-state index in [1.165, 1.54) is 0 Å². The highest BCUT2D eigenvalue weighted by Gasteiger charge is 2.16. The third kappa shape index (κ3) is 4.19. The van der Waals surface area contributed by atoms with Gasteiger partial charge in [-0.15, -0.1) is 0 Å². The molecule has 0 aliphatic carbocycles. The van der Waals surface area contributed by atoms with Gasteiger partial charge >= 0.3 is 11.8 Å². The van der Waals surface area contributed by atoms with E-state index in [4.69, 9.17) is 0 Å². The zero-order valence-electron chi connectivity index (χ0n) is 14.0. The number of aryl methyl sites for hydroxylation is 4. The maximum absolute atomic E-state index is 12.2. The minimum absolute atomic E-state index is 0.628. The quantitative estimate of drug-likeness (QED) is 0.848.